The van der Waals surface area contributed by atoms with E-state index >= 15 is 0 Å². The molecule has 0 heterocycles. The van der Waals surface area contributed by atoms with Crippen LogP contribution >= 0.6 is 47.2 Å². The van der Waals surface area contributed by atoms with Gasteiger partial charge in [-0.05, 0) is 300 Å². The molecule has 3 aromatic carbocycles. The first kappa shape index (κ1) is 94.7. The number of hydrogen-bond donors (Lipinski definition) is 6. The van der Waals surface area contributed by atoms with Gasteiger partial charge in [0.1, 0.15) is 23.9 Å². The Balaban J connectivity index is 0.000000188. The van der Waals surface area contributed by atoms with E-state index in [2.05, 4.69) is 50.4 Å². The molecule has 15 aliphatic carbocycles. The van der Waals surface area contributed by atoms with Crippen LogP contribution in [0.15, 0.2) is 72.8 Å². The van der Waals surface area contributed by atoms with Gasteiger partial charge in [0, 0.05) is 50.4 Å². The Morgan fingerprint density at radius 3 is 1.08 bits per heavy atom. The number of amides is 3. The summed E-state index contributed by atoms with van der Waals surface area (Å²) in [5.74, 6) is 0.919. The SMILES string of the molecule is CC1(O)CC1.CC1(OCCCC23CC(NC(=O)COc4ccc(Cl)cc4)(C2)C3)CC1.CC1(OCCCC23CC(NC(=O)COc4ccc(Cl)cc4)(C2)C3)CC1.CC1(OCCO)CC1.CC1(OCCOS(C)(=O)=O)CC1.CCOC(=O)C=[N+]=[N-].CCOC(=O)COC1(C)CC1.Cl.NC12CC(NC(=O)COc3ccc(Cl)cc3)(C1)C2. The fourth-order valence-corrected chi connectivity index (χ4v) is 15.3. The number of esters is 2. The molecule has 7 N–H and O–H groups in total. The van der Waals surface area contributed by atoms with Gasteiger partial charge in [0.15, 0.2) is 19.8 Å². The molecule has 31 heteroatoms. The van der Waals surface area contributed by atoms with Gasteiger partial charge in [0.2, 0.25) is 0 Å². The van der Waals surface area contributed by atoms with Gasteiger partial charge in [0.25, 0.3) is 27.8 Å². The first-order valence-corrected chi connectivity index (χ1v) is 42.3. The minimum absolute atomic E-state index is 0. The van der Waals surface area contributed by atoms with Crippen LogP contribution in [0.3, 0.4) is 0 Å². The van der Waals surface area contributed by atoms with Crippen molar-refractivity contribution in [1.29, 1.82) is 0 Å². The maximum Gasteiger partial charge on any atom is 0.413 e. The fourth-order valence-electron chi connectivity index (χ4n) is 14.6. The number of benzene rings is 3. The summed E-state index contributed by atoms with van der Waals surface area (Å²) in [6.45, 7) is 19.6. The Morgan fingerprint density at radius 2 is 0.796 bits per heavy atom. The standard InChI is InChI=1S/2C20H26ClNO3.C13H15ClN2O2.C8H14O3.C7H14O4S.C6H12O2.C4H6N2O2.C4H8O.ClH/c2*1-18(8-9-18)25-10-2-7-19-12-20(13-19,14-19)22-17(23)11-24-16-5-3-15(21)4-6-16;14-9-1-3-10(4-2-9)18-5-11(17)16-13-6-12(15,7-13)8-13;1-3-10-7(9)6-11-8(2)4-5-8;1-7(3-4-7)10-5-6-11-12(2,8)9;1-6(2-3-6)8-5-4-7;1-2-8-4(7)3-6-5;1-4(5)2-3-4;/h2*3-6H,2,7-14H2,1H3,(H,22,23);1-4H,5-8,15H2,(H,16,17);3-6H2,1-2H3;3-6H2,1-2H3;7H,2-5H2,1H3;3H,2H2,1H3;5H,2-3H2,1H3;1H. The summed E-state index contributed by atoms with van der Waals surface area (Å²) in [6.07, 6.45) is 29.3. The maximum absolute atomic E-state index is 12.1. The highest BCUT2D eigenvalue weighted by atomic mass is 35.5. The molecule has 0 saturated heterocycles. The second kappa shape index (κ2) is 40.8. The summed E-state index contributed by atoms with van der Waals surface area (Å²) in [5.41, 5.74) is 14.9. The lowest BCUT2D eigenvalue weighted by Gasteiger charge is -2.71. The molecule has 0 radical (unpaired) electrons. The minimum atomic E-state index is -3.30. The molecule has 15 saturated carbocycles. The Labute approximate surface area is 688 Å². The maximum atomic E-state index is 12.1. The average molecular weight is 1690 g/mol. The zero-order valence-corrected chi connectivity index (χ0v) is 71.2. The Kier molecular flexibility index (Phi) is 34.2. The number of aliphatic hydroxyl groups is 2. The number of hydrogen-bond acceptors (Lipinski definition) is 21. The van der Waals surface area contributed by atoms with Gasteiger partial charge in [-0.25, -0.2) is 9.59 Å². The van der Waals surface area contributed by atoms with E-state index in [-0.39, 0.29) is 132 Å². The fraction of sp³-hybridized carbons (Fsp3) is 0.707. The van der Waals surface area contributed by atoms with Gasteiger partial charge < -0.3 is 84.8 Å². The van der Waals surface area contributed by atoms with E-state index in [1.807, 2.05) is 20.8 Å². The lowest BCUT2D eigenvalue weighted by molar-refractivity contribution is -0.172. The van der Waals surface area contributed by atoms with Crippen molar-refractivity contribution in [3.63, 3.8) is 0 Å². The molecule has 634 valence electrons. The predicted octanol–water partition coefficient (Wildman–Crippen LogP) is 12.7. The molecule has 15 aliphatic rings. The number of carbonyl (C=O) groups is 5. The minimum Gasteiger partial charge on any atom is -0.484 e. The van der Waals surface area contributed by atoms with Crippen LogP contribution in [0.2, 0.25) is 15.1 Å². The summed E-state index contributed by atoms with van der Waals surface area (Å²) in [4.78, 5) is 59.3. The first-order chi connectivity index (χ1) is 52.6. The normalized spacial score (nSPS) is 26.3. The van der Waals surface area contributed by atoms with E-state index < -0.39 is 16.1 Å². The Bertz CT molecular complexity index is 3580. The molecular weight excluding hydrogens is 1560 g/mol. The van der Waals surface area contributed by atoms with E-state index in [1.54, 1.807) is 86.6 Å². The van der Waals surface area contributed by atoms with Crippen molar-refractivity contribution in [2.75, 3.05) is 85.5 Å². The number of halogens is 4. The van der Waals surface area contributed by atoms with Gasteiger partial charge in [-0.1, -0.05) is 34.8 Å². The van der Waals surface area contributed by atoms with Crippen molar-refractivity contribution >= 4 is 93.2 Å². The molecule has 26 nitrogen and oxygen atoms in total. The van der Waals surface area contributed by atoms with E-state index in [0.29, 0.717) is 75.8 Å². The van der Waals surface area contributed by atoms with Crippen molar-refractivity contribution < 1.29 is 98.9 Å². The topological polar surface area (TPSA) is 360 Å². The van der Waals surface area contributed by atoms with Crippen LogP contribution in [-0.2, 0) is 71.4 Å². The molecule has 3 aromatic rings. The number of carbonyl (C=O) groups excluding carboxylic acids is 5. The molecular formula is C82H122Cl4N6O20S. The van der Waals surface area contributed by atoms with Gasteiger partial charge in [-0.3, -0.25) is 18.6 Å². The van der Waals surface area contributed by atoms with E-state index in [0.717, 1.165) is 141 Å². The first-order valence-electron chi connectivity index (χ1n) is 39.4. The van der Waals surface area contributed by atoms with Crippen molar-refractivity contribution in [3.05, 3.63) is 93.4 Å². The zero-order chi connectivity index (χ0) is 81.8. The summed E-state index contributed by atoms with van der Waals surface area (Å²) < 4.78 is 78.6. The molecule has 0 aliphatic heterocycles. The number of rotatable bonds is 36. The molecule has 113 heavy (non-hydrogen) atoms. The number of nitrogens with one attached hydrogen (secondary N) is 3. The Morgan fingerprint density at radius 1 is 0.487 bits per heavy atom. The number of nitrogens with zero attached hydrogens (tertiary/aromatic N) is 2. The van der Waals surface area contributed by atoms with Crippen LogP contribution in [0.1, 0.15) is 216 Å². The van der Waals surface area contributed by atoms with Crippen molar-refractivity contribution in [2.45, 2.75) is 272 Å². The molecule has 15 fully saturated rings. The van der Waals surface area contributed by atoms with Crippen LogP contribution in [0.25, 0.3) is 5.53 Å². The van der Waals surface area contributed by atoms with Crippen LogP contribution in [0.5, 0.6) is 17.2 Å². The molecule has 0 spiro atoms. The predicted molar refractivity (Wildman–Crippen MR) is 431 cm³/mol. The van der Waals surface area contributed by atoms with Crippen LogP contribution in [0.4, 0.5) is 0 Å². The van der Waals surface area contributed by atoms with Crippen LogP contribution in [-0.4, -0.2) is 201 Å². The van der Waals surface area contributed by atoms with E-state index in [4.69, 9.17) is 98.9 Å². The molecule has 0 unspecified atom stereocenters. The molecule has 6 bridgehead atoms. The van der Waals surface area contributed by atoms with E-state index in [1.165, 1.54) is 38.5 Å². The molecule has 18 rings (SSSR count). The molecule has 0 aromatic heterocycles. The number of ether oxygens (including phenoxy) is 10. The number of nitrogens with two attached hydrogens (primary N) is 1. The molecule has 3 amide bonds. The quantitative estimate of drug-likeness (QED) is 0.00786. The lowest BCUT2D eigenvalue weighted by atomic mass is 9.38. The zero-order valence-electron chi connectivity index (χ0n) is 67.3. The molecule has 0 atom stereocenters. The average Bonchev–Trinajstić information content (AvgIpc) is 1.70. The lowest BCUT2D eigenvalue weighted by Crippen LogP contribution is -2.82. The van der Waals surface area contributed by atoms with Crippen LogP contribution in [0, 0.1) is 10.8 Å². The van der Waals surface area contributed by atoms with Gasteiger partial charge >= 0.3 is 18.2 Å². The highest BCUT2D eigenvalue weighted by Crippen LogP contribution is 2.70. The van der Waals surface area contributed by atoms with Gasteiger partial charge in [0.05, 0.1) is 79.5 Å². The van der Waals surface area contributed by atoms with E-state index in [9.17, 15) is 32.4 Å². The summed E-state index contributed by atoms with van der Waals surface area (Å²) in [6, 6.07) is 21.1. The third-order valence-electron chi connectivity index (χ3n) is 22.1. The second-order valence-corrected chi connectivity index (χ2v) is 37.3. The third kappa shape index (κ3) is 33.8. The highest BCUT2D eigenvalue weighted by Gasteiger charge is 2.69. The Hall–Kier alpha value is -5.46. The highest BCUT2D eigenvalue weighted by molar-refractivity contribution is 7.86. The smallest absolute Gasteiger partial charge is 0.413 e. The van der Waals surface area contributed by atoms with Crippen molar-refractivity contribution in [2.24, 2.45) is 16.6 Å². The van der Waals surface area contributed by atoms with Gasteiger partial charge in [-0.2, -0.15) is 13.2 Å². The second-order valence-electron chi connectivity index (χ2n) is 34.4. The summed E-state index contributed by atoms with van der Waals surface area (Å²) in [5, 5.41) is 28.3. The third-order valence-corrected chi connectivity index (χ3v) is 23.5. The van der Waals surface area contributed by atoms with Gasteiger partial charge in [-0.15, -0.1) is 12.4 Å². The summed E-state index contributed by atoms with van der Waals surface area (Å²) >= 11 is 17.4. The van der Waals surface area contributed by atoms with Crippen molar-refractivity contribution in [3.8, 4) is 17.2 Å². The monoisotopic (exact) mass is 1680 g/mol. The number of aliphatic hydroxyl groups excluding tert-OH is 1. The van der Waals surface area contributed by atoms with Crippen molar-refractivity contribution in [1.82, 2.24) is 16.0 Å². The largest absolute Gasteiger partial charge is 0.484 e. The summed E-state index contributed by atoms with van der Waals surface area (Å²) in [7, 11) is -3.30. The van der Waals surface area contributed by atoms with Crippen LogP contribution < -0.4 is 35.9 Å².